The molecule has 0 unspecified atom stereocenters. The Morgan fingerprint density at radius 3 is 2.78 bits per heavy atom. The van der Waals surface area contributed by atoms with Gasteiger partial charge in [-0.2, -0.15) is 11.3 Å². The predicted octanol–water partition coefficient (Wildman–Crippen LogP) is 4.24. The van der Waals surface area contributed by atoms with E-state index >= 15 is 0 Å². The largest absolute Gasteiger partial charge is 0.337 e. The van der Waals surface area contributed by atoms with E-state index in [1.165, 1.54) is 22.7 Å². The van der Waals surface area contributed by atoms with Crippen LogP contribution in [0.1, 0.15) is 26.5 Å². The minimum Gasteiger partial charge on any atom is -0.337 e. The highest BCUT2D eigenvalue weighted by Crippen LogP contribution is 2.29. The highest BCUT2D eigenvalue weighted by Gasteiger charge is 2.24. The minimum atomic E-state index is -0.155. The summed E-state index contributed by atoms with van der Waals surface area (Å²) in [5.41, 5.74) is 2.55. The standard InChI is InChI=1S/C19H16ClN3O2S2/c20-14-3-1-12(2-4-14)9-17(24)23-7-5-15-16(10-23)27-19(21-15)22-18(25)13-6-8-26-11-13/h1-4,6,8,11H,5,7,9-10H2,(H,21,22,25). The van der Waals surface area contributed by atoms with E-state index in [2.05, 4.69) is 10.3 Å². The molecule has 0 saturated carbocycles. The highest BCUT2D eigenvalue weighted by atomic mass is 35.5. The monoisotopic (exact) mass is 417 g/mol. The molecule has 0 aliphatic carbocycles. The lowest BCUT2D eigenvalue weighted by Crippen LogP contribution is -2.36. The Hall–Kier alpha value is -2.22. The lowest BCUT2D eigenvalue weighted by molar-refractivity contribution is -0.131. The number of hydrogen-bond donors (Lipinski definition) is 1. The van der Waals surface area contributed by atoms with Gasteiger partial charge in [-0.25, -0.2) is 4.98 Å². The number of rotatable bonds is 4. The molecular formula is C19H16ClN3O2S2. The number of thiazole rings is 1. The number of nitrogens with one attached hydrogen (secondary N) is 1. The van der Waals surface area contributed by atoms with Crippen LogP contribution in [0, 0.1) is 0 Å². The molecule has 1 aromatic carbocycles. The molecule has 2 amide bonds. The predicted molar refractivity (Wildman–Crippen MR) is 109 cm³/mol. The first-order valence-electron chi connectivity index (χ1n) is 8.43. The Morgan fingerprint density at radius 2 is 2.04 bits per heavy atom. The maximum atomic E-state index is 12.6. The molecule has 0 bridgehead atoms. The van der Waals surface area contributed by atoms with Gasteiger partial charge in [-0.15, -0.1) is 0 Å². The van der Waals surface area contributed by atoms with Gasteiger partial charge in [-0.1, -0.05) is 35.1 Å². The molecule has 3 aromatic rings. The third kappa shape index (κ3) is 4.21. The van der Waals surface area contributed by atoms with Crippen LogP contribution in [-0.2, 0) is 24.2 Å². The summed E-state index contributed by atoms with van der Waals surface area (Å²) < 4.78 is 0. The number of thiophene rings is 1. The van der Waals surface area contributed by atoms with Crippen molar-refractivity contribution in [1.82, 2.24) is 9.88 Å². The van der Waals surface area contributed by atoms with Crippen LogP contribution in [-0.4, -0.2) is 28.2 Å². The van der Waals surface area contributed by atoms with Crippen LogP contribution in [0.3, 0.4) is 0 Å². The molecule has 0 fully saturated rings. The van der Waals surface area contributed by atoms with E-state index in [0.717, 1.165) is 16.1 Å². The quantitative estimate of drug-likeness (QED) is 0.690. The second kappa shape index (κ2) is 7.80. The third-order valence-corrected chi connectivity index (χ3v) is 6.29. The summed E-state index contributed by atoms with van der Waals surface area (Å²) in [6.07, 6.45) is 1.06. The van der Waals surface area contributed by atoms with Gasteiger partial charge in [0.05, 0.1) is 24.2 Å². The fourth-order valence-electron chi connectivity index (χ4n) is 2.91. The summed E-state index contributed by atoms with van der Waals surface area (Å²) in [6.45, 7) is 1.18. The van der Waals surface area contributed by atoms with Crippen molar-refractivity contribution in [3.8, 4) is 0 Å². The SMILES string of the molecule is O=C(Nc1nc2c(s1)CN(C(=O)Cc1ccc(Cl)cc1)CC2)c1ccsc1. The van der Waals surface area contributed by atoms with E-state index in [0.29, 0.717) is 41.6 Å². The van der Waals surface area contributed by atoms with Crippen LogP contribution < -0.4 is 5.32 Å². The molecule has 0 saturated heterocycles. The zero-order chi connectivity index (χ0) is 18.8. The van der Waals surface area contributed by atoms with Gasteiger partial charge in [-0.3, -0.25) is 14.9 Å². The molecule has 5 nitrogen and oxygen atoms in total. The lowest BCUT2D eigenvalue weighted by Gasteiger charge is -2.26. The molecule has 0 atom stereocenters. The highest BCUT2D eigenvalue weighted by molar-refractivity contribution is 7.16. The molecule has 3 heterocycles. The summed E-state index contributed by atoms with van der Waals surface area (Å²) in [5.74, 6) is -0.0711. The maximum Gasteiger partial charge on any atom is 0.258 e. The Kier molecular flexibility index (Phi) is 5.24. The topological polar surface area (TPSA) is 62.3 Å². The van der Waals surface area contributed by atoms with Crippen molar-refractivity contribution in [3.63, 3.8) is 0 Å². The van der Waals surface area contributed by atoms with Crippen molar-refractivity contribution in [2.75, 3.05) is 11.9 Å². The van der Waals surface area contributed by atoms with Crippen molar-refractivity contribution in [1.29, 1.82) is 0 Å². The van der Waals surface area contributed by atoms with Crippen molar-refractivity contribution in [2.45, 2.75) is 19.4 Å². The van der Waals surface area contributed by atoms with Crippen molar-refractivity contribution >= 4 is 51.2 Å². The number of carbonyl (C=O) groups excluding carboxylic acids is 2. The van der Waals surface area contributed by atoms with E-state index in [1.807, 2.05) is 22.4 Å². The Bertz CT molecular complexity index is 968. The van der Waals surface area contributed by atoms with E-state index in [4.69, 9.17) is 11.6 Å². The van der Waals surface area contributed by atoms with Crippen molar-refractivity contribution in [3.05, 3.63) is 67.8 Å². The van der Waals surface area contributed by atoms with Gasteiger partial charge in [-0.05, 0) is 29.1 Å². The fourth-order valence-corrected chi connectivity index (χ4v) is 4.69. The second-order valence-corrected chi connectivity index (χ2v) is 8.52. The van der Waals surface area contributed by atoms with E-state index < -0.39 is 0 Å². The molecule has 1 aliphatic rings. The summed E-state index contributed by atoms with van der Waals surface area (Å²) in [5, 5.41) is 7.77. The van der Waals surface area contributed by atoms with Crippen LogP contribution in [0.15, 0.2) is 41.1 Å². The maximum absolute atomic E-state index is 12.6. The van der Waals surface area contributed by atoms with Crippen molar-refractivity contribution in [2.24, 2.45) is 0 Å². The first-order valence-corrected chi connectivity index (χ1v) is 10.6. The van der Waals surface area contributed by atoms with Gasteiger partial charge in [0, 0.05) is 28.2 Å². The first kappa shape index (κ1) is 18.2. The molecular weight excluding hydrogens is 402 g/mol. The molecule has 2 aromatic heterocycles. The molecule has 8 heteroatoms. The molecule has 4 rings (SSSR count). The van der Waals surface area contributed by atoms with Crippen LogP contribution in [0.2, 0.25) is 5.02 Å². The minimum absolute atomic E-state index is 0.0835. The average molecular weight is 418 g/mol. The zero-order valence-corrected chi connectivity index (χ0v) is 16.7. The molecule has 0 spiro atoms. The number of anilines is 1. The van der Waals surface area contributed by atoms with Crippen LogP contribution in [0.4, 0.5) is 5.13 Å². The van der Waals surface area contributed by atoms with Gasteiger partial charge >= 0.3 is 0 Å². The molecule has 0 radical (unpaired) electrons. The average Bonchev–Trinajstić information content (AvgIpc) is 3.32. The number of fused-ring (bicyclic) bond motifs is 1. The van der Waals surface area contributed by atoms with Crippen molar-refractivity contribution < 1.29 is 9.59 Å². The Labute approximate surface area is 169 Å². The van der Waals surface area contributed by atoms with Gasteiger partial charge in [0.1, 0.15) is 0 Å². The van der Waals surface area contributed by atoms with E-state index in [9.17, 15) is 9.59 Å². The number of benzene rings is 1. The number of halogens is 1. The summed E-state index contributed by atoms with van der Waals surface area (Å²) in [4.78, 5) is 32.2. The van der Waals surface area contributed by atoms with Crippen LogP contribution in [0.25, 0.3) is 0 Å². The van der Waals surface area contributed by atoms with E-state index in [1.54, 1.807) is 23.6 Å². The third-order valence-electron chi connectivity index (χ3n) is 4.36. The summed E-state index contributed by atoms with van der Waals surface area (Å²) in [7, 11) is 0. The van der Waals surface area contributed by atoms with Gasteiger partial charge in [0.2, 0.25) is 5.91 Å². The van der Waals surface area contributed by atoms with E-state index in [-0.39, 0.29) is 11.8 Å². The number of hydrogen-bond acceptors (Lipinski definition) is 5. The normalized spacial score (nSPS) is 13.3. The van der Waals surface area contributed by atoms with Gasteiger partial charge < -0.3 is 4.90 Å². The molecule has 1 N–H and O–H groups in total. The van der Waals surface area contributed by atoms with Gasteiger partial charge in [0.25, 0.3) is 5.91 Å². The Balaban J connectivity index is 1.40. The number of nitrogens with zero attached hydrogens (tertiary/aromatic N) is 2. The summed E-state index contributed by atoms with van der Waals surface area (Å²) in [6, 6.07) is 9.12. The van der Waals surface area contributed by atoms with Crippen LogP contribution in [0.5, 0.6) is 0 Å². The number of amides is 2. The second-order valence-electron chi connectivity index (χ2n) is 6.22. The molecule has 1 aliphatic heterocycles. The lowest BCUT2D eigenvalue weighted by atomic mass is 10.1. The van der Waals surface area contributed by atoms with Gasteiger partial charge in [0.15, 0.2) is 5.13 Å². The molecule has 27 heavy (non-hydrogen) atoms. The number of aromatic nitrogens is 1. The summed E-state index contributed by atoms with van der Waals surface area (Å²) >= 11 is 8.81. The molecule has 138 valence electrons. The number of carbonyl (C=O) groups is 2. The Morgan fingerprint density at radius 1 is 1.22 bits per heavy atom. The fraction of sp³-hybridized carbons (Fsp3) is 0.211. The smallest absolute Gasteiger partial charge is 0.258 e. The van der Waals surface area contributed by atoms with Crippen LogP contribution >= 0.6 is 34.3 Å². The zero-order valence-electron chi connectivity index (χ0n) is 14.3. The first-order chi connectivity index (χ1) is 13.1.